The first-order valence-corrected chi connectivity index (χ1v) is 24.7. The summed E-state index contributed by atoms with van der Waals surface area (Å²) in [7, 11) is 1.30. The van der Waals surface area contributed by atoms with Crippen LogP contribution < -0.4 is 0 Å². The van der Waals surface area contributed by atoms with Gasteiger partial charge in [-0.15, -0.1) is 0 Å². The zero-order chi connectivity index (χ0) is 51.4. The van der Waals surface area contributed by atoms with E-state index in [4.69, 9.17) is 33.2 Å². The van der Waals surface area contributed by atoms with E-state index in [-0.39, 0.29) is 32.1 Å². The Balaban J connectivity index is 1.06. The lowest BCUT2D eigenvalue weighted by molar-refractivity contribution is -0.358. The second-order valence-electron chi connectivity index (χ2n) is 23.1. The summed E-state index contributed by atoms with van der Waals surface area (Å²) < 4.78 is 40.1. The van der Waals surface area contributed by atoms with E-state index >= 15 is 0 Å². The number of ether oxygens (including phenoxy) is 7. The molecule has 0 unspecified atom stereocenters. The molecule has 0 aromatic rings. The Bertz CT molecular complexity index is 1960. The summed E-state index contributed by atoms with van der Waals surface area (Å²) in [4.78, 5) is 28.3. The first kappa shape index (κ1) is 54.2. The normalized spacial score (nSPS) is 54.6. The molecule has 0 bridgehead atoms. The minimum atomic E-state index is -1.84. The molecule has 0 aromatic carbocycles. The highest BCUT2D eigenvalue weighted by Crippen LogP contribution is 2.76. The summed E-state index contributed by atoms with van der Waals surface area (Å²) in [5.74, 6) is -2.88. The molecule has 22 nitrogen and oxygen atoms in total. The van der Waals surface area contributed by atoms with Gasteiger partial charge in [-0.3, -0.25) is 9.59 Å². The summed E-state index contributed by atoms with van der Waals surface area (Å²) >= 11 is 0. The number of carbonyl (C=O) groups is 2. The number of allylic oxidation sites excluding steroid dienone is 1. The van der Waals surface area contributed by atoms with Crippen LogP contribution in [0.1, 0.15) is 86.0 Å². The molecule has 0 amide bonds. The van der Waals surface area contributed by atoms with Crippen molar-refractivity contribution in [2.75, 3.05) is 33.5 Å². The van der Waals surface area contributed by atoms with Gasteiger partial charge in [0, 0.05) is 11.3 Å². The molecule has 8 aliphatic rings. The number of rotatable bonds is 10. The van der Waals surface area contributed by atoms with Gasteiger partial charge in [0.15, 0.2) is 12.6 Å². The van der Waals surface area contributed by atoms with Crippen LogP contribution in [-0.2, 0) is 42.7 Å². The Morgan fingerprint density at radius 2 is 1.26 bits per heavy atom. The molecule has 70 heavy (non-hydrogen) atoms. The highest BCUT2D eigenvalue weighted by molar-refractivity contribution is 5.81. The molecule has 4 saturated carbocycles. The van der Waals surface area contributed by atoms with Crippen LogP contribution in [0.4, 0.5) is 0 Å². The second-order valence-corrected chi connectivity index (χ2v) is 23.1. The fourth-order valence-corrected chi connectivity index (χ4v) is 15.2. The second kappa shape index (κ2) is 19.3. The van der Waals surface area contributed by atoms with E-state index in [1.165, 1.54) is 7.11 Å². The van der Waals surface area contributed by atoms with E-state index in [1.54, 1.807) is 19.9 Å². The third-order valence-electron chi connectivity index (χ3n) is 19.4. The maximum absolute atomic E-state index is 14.8. The van der Waals surface area contributed by atoms with E-state index in [1.807, 2.05) is 6.92 Å². The van der Waals surface area contributed by atoms with E-state index in [9.17, 15) is 76.0 Å². The van der Waals surface area contributed by atoms with Crippen molar-refractivity contribution < 1.29 is 109 Å². The molecule has 8 rings (SSSR count). The van der Waals surface area contributed by atoms with Gasteiger partial charge in [0.25, 0.3) is 0 Å². The Labute approximate surface area is 406 Å². The van der Waals surface area contributed by atoms with Gasteiger partial charge in [0.2, 0.25) is 6.29 Å². The number of hydrogen-bond donors (Lipinski definition) is 13. The van der Waals surface area contributed by atoms with E-state index < -0.39 is 193 Å². The molecule has 26 atom stereocenters. The van der Waals surface area contributed by atoms with Crippen molar-refractivity contribution in [3.05, 3.63) is 11.6 Å². The Morgan fingerprint density at radius 3 is 1.86 bits per heavy atom. The molecule has 13 N–H and O–H groups in total. The predicted molar refractivity (Wildman–Crippen MR) is 235 cm³/mol. The third-order valence-corrected chi connectivity index (χ3v) is 19.4. The van der Waals surface area contributed by atoms with Crippen LogP contribution in [-0.4, -0.2) is 216 Å². The van der Waals surface area contributed by atoms with E-state index in [0.717, 1.165) is 5.57 Å². The number of carbonyl (C=O) groups excluding carboxylic acids is 2. The highest BCUT2D eigenvalue weighted by atomic mass is 16.7. The fourth-order valence-electron chi connectivity index (χ4n) is 15.2. The molecule has 0 spiro atoms. The average molecular weight is 1010 g/mol. The van der Waals surface area contributed by atoms with Crippen molar-refractivity contribution >= 4 is 11.9 Å². The van der Waals surface area contributed by atoms with Gasteiger partial charge in [-0.2, -0.15) is 0 Å². The molecule has 5 aliphatic carbocycles. The molecular weight excluding hydrogens is 929 g/mol. The van der Waals surface area contributed by atoms with Gasteiger partial charge >= 0.3 is 11.9 Å². The van der Waals surface area contributed by atoms with Crippen molar-refractivity contribution in [2.45, 2.75) is 190 Å². The molecular formula is C48H76O22. The number of hydrogen-bond acceptors (Lipinski definition) is 22. The van der Waals surface area contributed by atoms with Gasteiger partial charge in [0.05, 0.1) is 62.7 Å². The third kappa shape index (κ3) is 8.14. The highest BCUT2D eigenvalue weighted by Gasteiger charge is 2.73. The maximum Gasteiger partial charge on any atom is 0.315 e. The number of esters is 2. The van der Waals surface area contributed by atoms with Gasteiger partial charge < -0.3 is 99.5 Å². The average Bonchev–Trinajstić information content (AvgIpc) is 3.32. The molecule has 3 aliphatic heterocycles. The molecule has 3 heterocycles. The Kier molecular flexibility index (Phi) is 14.9. The summed E-state index contributed by atoms with van der Waals surface area (Å²) in [5.41, 5.74) is -5.14. The number of aliphatic hydroxyl groups is 13. The Hall–Kier alpha value is -2.04. The summed E-state index contributed by atoms with van der Waals surface area (Å²) in [6.07, 6.45) is -22.5. The zero-order valence-corrected chi connectivity index (χ0v) is 40.6. The van der Waals surface area contributed by atoms with Crippen molar-refractivity contribution in [3.8, 4) is 0 Å². The monoisotopic (exact) mass is 1000 g/mol. The molecule has 3 saturated heterocycles. The standard InChI is InChI=1S/C48H76O22/c1-43(41(62)64-6)9-11-48(42(63)70-40-35(61)32(58)29(55)25(17-50)67-40)12-10-46(4)20(21(48)14-43)13-22(52)36-44(2)15-23(53)37(45(3,19-51)27(44)7-8-47(36,46)5)69-38-33(59)30(56)26(18-65-38)68-39-34(60)31(57)28(54)24(16-49)66-39/h13,21-40,49-61H,7-12,14-19H2,1-6H3/t21-,22+,23-,24+,25+,26+,27+,28+,29+,30-,31-,32-,33+,34+,35+,36+,37-,38-,39-,40-,43-,44-,45-,46+,47+,48-/m0/s1. The summed E-state index contributed by atoms with van der Waals surface area (Å²) in [6.45, 7) is 7.40. The number of fused-ring (bicyclic) bond motifs is 7. The minimum Gasteiger partial charge on any atom is -0.469 e. The quantitative estimate of drug-likeness (QED) is 0.0584. The van der Waals surface area contributed by atoms with Crippen LogP contribution in [0.5, 0.6) is 0 Å². The van der Waals surface area contributed by atoms with Crippen LogP contribution in [0.3, 0.4) is 0 Å². The van der Waals surface area contributed by atoms with Crippen molar-refractivity contribution in [1.29, 1.82) is 0 Å². The smallest absolute Gasteiger partial charge is 0.315 e. The van der Waals surface area contributed by atoms with E-state index in [2.05, 4.69) is 13.8 Å². The Morgan fingerprint density at radius 1 is 0.671 bits per heavy atom. The molecule has 400 valence electrons. The summed E-state index contributed by atoms with van der Waals surface area (Å²) in [5, 5.41) is 141. The largest absolute Gasteiger partial charge is 0.469 e. The number of aliphatic hydroxyl groups excluding tert-OH is 13. The van der Waals surface area contributed by atoms with Crippen molar-refractivity contribution in [1.82, 2.24) is 0 Å². The molecule has 22 heteroatoms. The van der Waals surface area contributed by atoms with Crippen LogP contribution in [0.2, 0.25) is 0 Å². The van der Waals surface area contributed by atoms with Crippen LogP contribution in [0.15, 0.2) is 11.6 Å². The van der Waals surface area contributed by atoms with Crippen LogP contribution >= 0.6 is 0 Å². The lowest BCUT2D eigenvalue weighted by atomic mass is 9.33. The van der Waals surface area contributed by atoms with Crippen LogP contribution in [0.25, 0.3) is 0 Å². The lowest BCUT2D eigenvalue weighted by Crippen LogP contribution is -2.71. The fraction of sp³-hybridized carbons (Fsp3) is 0.917. The zero-order valence-electron chi connectivity index (χ0n) is 40.6. The van der Waals surface area contributed by atoms with Gasteiger partial charge in [-0.1, -0.05) is 39.3 Å². The van der Waals surface area contributed by atoms with Crippen LogP contribution in [0, 0.1) is 50.2 Å². The van der Waals surface area contributed by atoms with E-state index in [0.29, 0.717) is 19.3 Å². The van der Waals surface area contributed by atoms with Gasteiger partial charge in [-0.25, -0.2) is 0 Å². The minimum absolute atomic E-state index is 0.0713. The summed E-state index contributed by atoms with van der Waals surface area (Å²) in [6, 6.07) is 0. The molecule has 0 radical (unpaired) electrons. The lowest BCUT2D eigenvalue weighted by Gasteiger charge is -2.72. The SMILES string of the molecule is COC(=O)[C@@]1(C)CC[C@]2(C(=O)O[C@@H]3O[C@H](CO)[C@@H](O)[C@H](O)[C@H]3O)CC[C@]3(C)C(=C[C@@H](O)[C@@H]4[C@@]5(C)C[C@H](O)[C@H](O[C@@H]6OC[C@@H](O[C@@H]7O[C@H](CO)[C@@H](O)[C@H](O)[C@H]7O)[C@H](O)[C@H]6O)[C@@](C)(CO)[C@@H]5CC[C@]43C)[C@@H]2C1. The molecule has 0 aromatic heterocycles. The van der Waals surface area contributed by atoms with Gasteiger partial charge in [-0.05, 0) is 86.4 Å². The number of methoxy groups -OCH3 is 1. The van der Waals surface area contributed by atoms with Crippen molar-refractivity contribution in [3.63, 3.8) is 0 Å². The topological polar surface area (TPSA) is 362 Å². The molecule has 7 fully saturated rings. The van der Waals surface area contributed by atoms with Gasteiger partial charge in [0.1, 0.15) is 67.1 Å². The first-order chi connectivity index (χ1) is 32.8. The first-order valence-electron chi connectivity index (χ1n) is 24.7. The predicted octanol–water partition coefficient (Wildman–Crippen LogP) is -3.15. The van der Waals surface area contributed by atoms with Crippen molar-refractivity contribution in [2.24, 2.45) is 50.2 Å². The maximum atomic E-state index is 14.8.